The smallest absolute Gasteiger partial charge is 0.244 e. The number of nitrogens with one attached hydrogen (secondary N) is 1. The summed E-state index contributed by atoms with van der Waals surface area (Å²) in [7, 11) is 0. The van der Waals surface area contributed by atoms with E-state index in [4.69, 9.17) is 9.72 Å². The molecule has 0 aliphatic heterocycles. The Morgan fingerprint density at radius 3 is 2.83 bits per heavy atom. The van der Waals surface area contributed by atoms with Gasteiger partial charge in [0.1, 0.15) is 12.4 Å². The number of carbonyl (C=O) groups excluding carboxylic acids is 1. The number of fused-ring (bicyclic) bond motifs is 1. The summed E-state index contributed by atoms with van der Waals surface area (Å²) in [5.74, 6) is 0.694. The number of nitrogens with zero attached hydrogens (tertiary/aromatic N) is 2. The monoisotopic (exact) mass is 419 g/mol. The highest BCUT2D eigenvalue weighted by Crippen LogP contribution is 2.26. The molecule has 2 aromatic heterocycles. The zero-order valence-electron chi connectivity index (χ0n) is 16.8. The summed E-state index contributed by atoms with van der Waals surface area (Å²) < 4.78 is 5.75. The number of pyridine rings is 1. The molecule has 0 saturated carbocycles. The highest BCUT2D eigenvalue weighted by Gasteiger charge is 2.14. The van der Waals surface area contributed by atoms with Gasteiger partial charge in [0.25, 0.3) is 0 Å². The number of amides is 1. The summed E-state index contributed by atoms with van der Waals surface area (Å²) in [6.07, 6.45) is 12.5. The molecule has 2 heterocycles. The van der Waals surface area contributed by atoms with Crippen molar-refractivity contribution in [3.63, 3.8) is 0 Å². The first-order valence-corrected chi connectivity index (χ1v) is 11.1. The van der Waals surface area contributed by atoms with Crippen molar-refractivity contribution < 1.29 is 9.53 Å². The van der Waals surface area contributed by atoms with Crippen molar-refractivity contribution in [1.29, 1.82) is 0 Å². The average Bonchev–Trinajstić information content (AvgIpc) is 3.20. The minimum absolute atomic E-state index is 0.0896. The molecule has 1 aromatic carbocycles. The molecule has 0 bridgehead atoms. The van der Waals surface area contributed by atoms with Gasteiger partial charge < -0.3 is 10.1 Å². The van der Waals surface area contributed by atoms with Crippen molar-refractivity contribution in [1.82, 2.24) is 15.3 Å². The predicted molar refractivity (Wildman–Crippen MR) is 120 cm³/mol. The van der Waals surface area contributed by atoms with Crippen molar-refractivity contribution in [3.05, 3.63) is 81.6 Å². The van der Waals surface area contributed by atoms with Gasteiger partial charge in [-0.15, -0.1) is 11.3 Å². The molecule has 4 rings (SSSR count). The molecule has 0 unspecified atom stereocenters. The van der Waals surface area contributed by atoms with Gasteiger partial charge in [-0.05, 0) is 55.5 Å². The lowest BCUT2D eigenvalue weighted by molar-refractivity contribution is -0.116. The number of rotatable bonds is 8. The van der Waals surface area contributed by atoms with E-state index in [2.05, 4.69) is 10.3 Å². The molecular formula is C24H25N3O2S. The van der Waals surface area contributed by atoms with Gasteiger partial charge in [0.2, 0.25) is 5.91 Å². The summed E-state index contributed by atoms with van der Waals surface area (Å²) in [6, 6.07) is 11.5. The topological polar surface area (TPSA) is 64.1 Å². The Kier molecular flexibility index (Phi) is 6.87. The Hall–Kier alpha value is -2.99. The van der Waals surface area contributed by atoms with Crippen molar-refractivity contribution in [2.45, 2.75) is 38.7 Å². The fourth-order valence-electron chi connectivity index (χ4n) is 3.36. The molecule has 5 nitrogen and oxygen atoms in total. The maximum absolute atomic E-state index is 12.1. The van der Waals surface area contributed by atoms with Crippen LogP contribution in [0.15, 0.2) is 54.9 Å². The van der Waals surface area contributed by atoms with E-state index < -0.39 is 0 Å². The molecular weight excluding hydrogens is 394 g/mol. The van der Waals surface area contributed by atoms with Crippen LogP contribution in [0.3, 0.4) is 0 Å². The summed E-state index contributed by atoms with van der Waals surface area (Å²) in [5.41, 5.74) is 3.25. The second-order valence-corrected chi connectivity index (χ2v) is 8.45. The molecule has 30 heavy (non-hydrogen) atoms. The average molecular weight is 420 g/mol. The summed E-state index contributed by atoms with van der Waals surface area (Å²) in [6.45, 7) is 1.09. The third-order valence-electron chi connectivity index (χ3n) is 4.96. The predicted octanol–water partition coefficient (Wildman–Crippen LogP) is 4.37. The maximum atomic E-state index is 12.1. The van der Waals surface area contributed by atoms with Crippen molar-refractivity contribution in [3.8, 4) is 5.75 Å². The molecule has 1 N–H and O–H groups in total. The highest BCUT2D eigenvalue weighted by atomic mass is 32.1. The van der Waals surface area contributed by atoms with Gasteiger partial charge in [-0.1, -0.05) is 18.2 Å². The summed E-state index contributed by atoms with van der Waals surface area (Å²) in [4.78, 5) is 22.3. The van der Waals surface area contributed by atoms with Crippen molar-refractivity contribution >= 4 is 23.3 Å². The number of aryl methyl sites for hydroxylation is 2. The zero-order valence-corrected chi connectivity index (χ0v) is 17.7. The first kappa shape index (κ1) is 20.3. The van der Waals surface area contributed by atoms with Crippen LogP contribution in [0.2, 0.25) is 0 Å². The number of hydrogen-bond acceptors (Lipinski definition) is 5. The lowest BCUT2D eigenvalue weighted by atomic mass is 10.0. The largest absolute Gasteiger partial charge is 0.489 e. The number of thiazole rings is 1. The van der Waals surface area contributed by atoms with Crippen LogP contribution in [0.1, 0.15) is 39.5 Å². The van der Waals surface area contributed by atoms with Crippen LogP contribution in [0, 0.1) is 0 Å². The van der Waals surface area contributed by atoms with Crippen LogP contribution in [0.25, 0.3) is 6.08 Å². The molecule has 1 aliphatic rings. The lowest BCUT2D eigenvalue weighted by Crippen LogP contribution is -2.23. The number of carbonyl (C=O) groups is 1. The van der Waals surface area contributed by atoms with Crippen molar-refractivity contribution in [2.75, 3.05) is 6.54 Å². The number of hydrogen-bond donors (Lipinski definition) is 1. The summed E-state index contributed by atoms with van der Waals surface area (Å²) in [5, 5.41) is 4.07. The summed E-state index contributed by atoms with van der Waals surface area (Å²) >= 11 is 1.81. The molecule has 0 radical (unpaired) electrons. The van der Waals surface area contributed by atoms with Gasteiger partial charge in [0.05, 0.1) is 10.7 Å². The van der Waals surface area contributed by atoms with Crippen LogP contribution < -0.4 is 10.1 Å². The SMILES string of the molecule is O=C(/C=C/c1ccc(OCc2cccnc2)cc1)NCCc1nc2c(s1)CCCC2. The van der Waals surface area contributed by atoms with Gasteiger partial charge in [0, 0.05) is 41.9 Å². The first-order chi connectivity index (χ1) is 14.8. The molecule has 1 aliphatic carbocycles. The number of benzene rings is 1. The van der Waals surface area contributed by atoms with Crippen molar-refractivity contribution in [2.24, 2.45) is 0 Å². The third kappa shape index (κ3) is 5.76. The van der Waals surface area contributed by atoms with Gasteiger partial charge in [0.15, 0.2) is 0 Å². The first-order valence-electron chi connectivity index (χ1n) is 10.3. The fraction of sp³-hybridized carbons (Fsp3) is 0.292. The highest BCUT2D eigenvalue weighted by molar-refractivity contribution is 7.11. The molecule has 0 fully saturated rings. The Morgan fingerprint density at radius 2 is 2.03 bits per heavy atom. The Bertz CT molecular complexity index is 974. The van der Waals surface area contributed by atoms with E-state index in [-0.39, 0.29) is 5.91 Å². The maximum Gasteiger partial charge on any atom is 0.244 e. The second kappa shape index (κ2) is 10.2. The quantitative estimate of drug-likeness (QED) is 0.551. The van der Waals surface area contributed by atoms with Gasteiger partial charge >= 0.3 is 0 Å². The number of ether oxygens (including phenoxy) is 1. The van der Waals surface area contributed by atoms with E-state index in [9.17, 15) is 4.79 Å². The number of aromatic nitrogens is 2. The van der Waals surface area contributed by atoms with E-state index >= 15 is 0 Å². The second-order valence-electron chi connectivity index (χ2n) is 7.28. The van der Waals surface area contributed by atoms with Crippen LogP contribution >= 0.6 is 11.3 Å². The van der Waals surface area contributed by atoms with Gasteiger partial charge in [-0.25, -0.2) is 4.98 Å². The minimum atomic E-state index is -0.0896. The lowest BCUT2D eigenvalue weighted by Gasteiger charge is -2.06. The molecule has 1 amide bonds. The Morgan fingerprint density at radius 1 is 1.17 bits per heavy atom. The van der Waals surface area contributed by atoms with Gasteiger partial charge in [-0.2, -0.15) is 0 Å². The molecule has 3 aromatic rings. The zero-order chi connectivity index (χ0) is 20.6. The van der Waals surface area contributed by atoms with E-state index in [1.165, 1.54) is 23.4 Å². The minimum Gasteiger partial charge on any atom is -0.489 e. The molecule has 0 saturated heterocycles. The fourth-order valence-corrected chi connectivity index (χ4v) is 4.52. The Labute approximate surface area is 180 Å². The van der Waals surface area contributed by atoms with Crippen LogP contribution in [-0.2, 0) is 30.7 Å². The third-order valence-corrected chi connectivity index (χ3v) is 6.18. The standard InChI is InChI=1S/C24H25N3O2S/c28-23(26-15-13-24-27-21-5-1-2-6-22(21)30-24)12-9-18-7-10-20(11-8-18)29-17-19-4-3-14-25-16-19/h3-4,7-12,14,16H,1-2,5-6,13,15,17H2,(H,26,28)/b12-9+. The van der Waals surface area contributed by atoms with E-state index in [1.54, 1.807) is 29.8 Å². The normalized spacial score (nSPS) is 13.2. The van der Waals surface area contributed by atoms with E-state index in [0.717, 1.165) is 41.1 Å². The molecule has 0 atom stereocenters. The Balaban J connectivity index is 1.20. The van der Waals surface area contributed by atoms with Crippen LogP contribution in [-0.4, -0.2) is 22.4 Å². The van der Waals surface area contributed by atoms with Crippen LogP contribution in [0.5, 0.6) is 5.75 Å². The van der Waals surface area contributed by atoms with Crippen LogP contribution in [0.4, 0.5) is 0 Å². The van der Waals surface area contributed by atoms with E-state index in [1.807, 2.05) is 42.5 Å². The molecule has 6 heteroatoms. The van der Waals surface area contributed by atoms with E-state index in [0.29, 0.717) is 13.2 Å². The molecule has 154 valence electrons. The molecule has 0 spiro atoms. The van der Waals surface area contributed by atoms with Gasteiger partial charge in [-0.3, -0.25) is 9.78 Å².